The summed E-state index contributed by atoms with van der Waals surface area (Å²) >= 11 is 1.94. The third-order valence-electron chi connectivity index (χ3n) is 2.78. The van der Waals surface area contributed by atoms with Crippen molar-refractivity contribution in [3.05, 3.63) is 0 Å². The van der Waals surface area contributed by atoms with Crippen molar-refractivity contribution >= 4 is 11.8 Å². The molecule has 0 aliphatic carbocycles. The van der Waals surface area contributed by atoms with Gasteiger partial charge in [0.1, 0.15) is 0 Å². The fourth-order valence-electron chi connectivity index (χ4n) is 1.65. The van der Waals surface area contributed by atoms with Crippen LogP contribution in [0.2, 0.25) is 0 Å². The topological polar surface area (TPSA) is 12.0 Å². The van der Waals surface area contributed by atoms with E-state index in [-0.39, 0.29) is 0 Å². The molecule has 1 nitrogen and oxygen atoms in total. The summed E-state index contributed by atoms with van der Waals surface area (Å²) in [6.45, 7) is 5.78. The second-order valence-corrected chi connectivity index (χ2v) is 5.39. The van der Waals surface area contributed by atoms with Crippen molar-refractivity contribution < 1.29 is 0 Å². The molecule has 0 aliphatic heterocycles. The minimum atomic E-state index is 0.702. The predicted octanol–water partition coefficient (Wildman–Crippen LogP) is 4.08. The highest BCUT2D eigenvalue weighted by Crippen LogP contribution is 2.05. The first-order valence-corrected chi connectivity index (χ1v) is 7.93. The van der Waals surface area contributed by atoms with Gasteiger partial charge in [-0.05, 0) is 38.3 Å². The lowest BCUT2D eigenvalue weighted by molar-refractivity contribution is 0.506. The summed E-state index contributed by atoms with van der Waals surface area (Å²) in [5.41, 5.74) is 0. The molecule has 0 heterocycles. The molecule has 0 saturated carbocycles. The number of hydrogen-bond acceptors (Lipinski definition) is 2. The van der Waals surface area contributed by atoms with Crippen LogP contribution in [-0.4, -0.2) is 24.6 Å². The van der Waals surface area contributed by atoms with Gasteiger partial charge in [-0.2, -0.15) is 11.8 Å². The Bertz CT molecular complexity index is 117. The molecule has 92 valence electrons. The van der Waals surface area contributed by atoms with Gasteiger partial charge in [-0.1, -0.05) is 39.0 Å². The number of rotatable bonds is 11. The Labute approximate surface area is 101 Å². The Kier molecular flexibility index (Phi) is 12.6. The van der Waals surface area contributed by atoms with Crippen molar-refractivity contribution in [3.63, 3.8) is 0 Å². The molecule has 1 unspecified atom stereocenters. The normalized spacial score (nSPS) is 13.0. The largest absolute Gasteiger partial charge is 0.314 e. The molecule has 0 aromatic rings. The maximum Gasteiger partial charge on any atom is 0.00465 e. The van der Waals surface area contributed by atoms with Crippen LogP contribution in [0.25, 0.3) is 0 Å². The van der Waals surface area contributed by atoms with Crippen LogP contribution in [0.5, 0.6) is 0 Å². The van der Waals surface area contributed by atoms with E-state index in [1.807, 2.05) is 11.8 Å². The standard InChI is InChI=1S/C13H29NS/c1-4-5-6-7-8-9-11-14-13(2)10-12-15-3/h13-14H,4-12H2,1-3H3. The van der Waals surface area contributed by atoms with E-state index in [1.165, 1.54) is 57.2 Å². The van der Waals surface area contributed by atoms with Gasteiger partial charge in [-0.15, -0.1) is 0 Å². The number of nitrogens with one attached hydrogen (secondary N) is 1. The lowest BCUT2D eigenvalue weighted by atomic mass is 10.1. The van der Waals surface area contributed by atoms with Gasteiger partial charge < -0.3 is 5.32 Å². The van der Waals surface area contributed by atoms with Gasteiger partial charge >= 0.3 is 0 Å². The first kappa shape index (κ1) is 15.3. The molecule has 1 N–H and O–H groups in total. The molecule has 0 radical (unpaired) electrons. The van der Waals surface area contributed by atoms with E-state index in [9.17, 15) is 0 Å². The molecule has 0 aromatic carbocycles. The molecule has 0 amide bonds. The lowest BCUT2D eigenvalue weighted by Gasteiger charge is -2.12. The van der Waals surface area contributed by atoms with Crippen molar-refractivity contribution in [2.75, 3.05) is 18.6 Å². The molecule has 0 bridgehead atoms. The monoisotopic (exact) mass is 231 g/mol. The molecule has 0 aliphatic rings. The number of thioether (sulfide) groups is 1. The average Bonchev–Trinajstić information content (AvgIpc) is 2.25. The minimum absolute atomic E-state index is 0.702. The maximum atomic E-state index is 3.59. The van der Waals surface area contributed by atoms with Crippen molar-refractivity contribution in [1.82, 2.24) is 5.32 Å². The van der Waals surface area contributed by atoms with Crippen LogP contribution in [0.15, 0.2) is 0 Å². The minimum Gasteiger partial charge on any atom is -0.314 e. The predicted molar refractivity (Wildman–Crippen MR) is 73.8 cm³/mol. The van der Waals surface area contributed by atoms with Crippen molar-refractivity contribution in [2.24, 2.45) is 0 Å². The van der Waals surface area contributed by atoms with Crippen molar-refractivity contribution in [3.8, 4) is 0 Å². The van der Waals surface area contributed by atoms with Crippen LogP contribution in [0.3, 0.4) is 0 Å². The first-order valence-electron chi connectivity index (χ1n) is 6.53. The third-order valence-corrected chi connectivity index (χ3v) is 3.42. The summed E-state index contributed by atoms with van der Waals surface area (Å²) in [5.74, 6) is 1.28. The summed E-state index contributed by atoms with van der Waals surface area (Å²) in [4.78, 5) is 0. The average molecular weight is 231 g/mol. The van der Waals surface area contributed by atoms with E-state index in [1.54, 1.807) is 0 Å². The van der Waals surface area contributed by atoms with Gasteiger partial charge in [0.25, 0.3) is 0 Å². The van der Waals surface area contributed by atoms with Crippen LogP contribution >= 0.6 is 11.8 Å². The Morgan fingerprint density at radius 3 is 2.40 bits per heavy atom. The number of unbranched alkanes of at least 4 members (excludes halogenated alkanes) is 5. The summed E-state index contributed by atoms with van der Waals surface area (Å²) < 4.78 is 0. The number of hydrogen-bond donors (Lipinski definition) is 1. The Morgan fingerprint density at radius 1 is 1.07 bits per heavy atom. The van der Waals surface area contributed by atoms with E-state index in [0.717, 1.165) is 0 Å². The Morgan fingerprint density at radius 2 is 1.73 bits per heavy atom. The zero-order valence-corrected chi connectivity index (χ0v) is 11.7. The van der Waals surface area contributed by atoms with Crippen LogP contribution in [-0.2, 0) is 0 Å². The molecular formula is C13H29NS. The van der Waals surface area contributed by atoms with Gasteiger partial charge in [-0.3, -0.25) is 0 Å². The van der Waals surface area contributed by atoms with Crippen LogP contribution in [0.4, 0.5) is 0 Å². The highest BCUT2D eigenvalue weighted by molar-refractivity contribution is 7.98. The molecule has 0 fully saturated rings. The quantitative estimate of drug-likeness (QED) is 0.538. The molecule has 0 spiro atoms. The summed E-state index contributed by atoms with van der Waals surface area (Å²) in [5, 5.41) is 3.59. The van der Waals surface area contributed by atoms with Crippen LogP contribution in [0, 0.1) is 0 Å². The van der Waals surface area contributed by atoms with Gasteiger partial charge in [0.2, 0.25) is 0 Å². The molecule has 0 rings (SSSR count). The van der Waals surface area contributed by atoms with Gasteiger partial charge in [0.15, 0.2) is 0 Å². The fourth-order valence-corrected chi connectivity index (χ4v) is 2.24. The zero-order chi connectivity index (χ0) is 11.4. The highest BCUT2D eigenvalue weighted by atomic mass is 32.2. The third kappa shape index (κ3) is 12.2. The van der Waals surface area contributed by atoms with Gasteiger partial charge in [0, 0.05) is 6.04 Å². The van der Waals surface area contributed by atoms with E-state index in [2.05, 4.69) is 25.4 Å². The molecule has 15 heavy (non-hydrogen) atoms. The van der Waals surface area contributed by atoms with E-state index in [4.69, 9.17) is 0 Å². The SMILES string of the molecule is CCCCCCCCNC(C)CCSC. The Hall–Kier alpha value is 0.310. The molecular weight excluding hydrogens is 202 g/mol. The van der Waals surface area contributed by atoms with Crippen molar-refractivity contribution in [2.45, 2.75) is 64.8 Å². The highest BCUT2D eigenvalue weighted by Gasteiger charge is 1.99. The van der Waals surface area contributed by atoms with E-state index in [0.29, 0.717) is 6.04 Å². The van der Waals surface area contributed by atoms with E-state index >= 15 is 0 Å². The fraction of sp³-hybridized carbons (Fsp3) is 1.00. The molecule has 2 heteroatoms. The molecule has 1 atom stereocenters. The molecule has 0 saturated heterocycles. The molecule has 0 aromatic heterocycles. The summed E-state index contributed by atoms with van der Waals surface area (Å²) in [7, 11) is 0. The maximum absolute atomic E-state index is 3.59. The lowest BCUT2D eigenvalue weighted by Crippen LogP contribution is -2.27. The zero-order valence-electron chi connectivity index (χ0n) is 10.8. The Balaban J connectivity index is 3.02. The van der Waals surface area contributed by atoms with E-state index < -0.39 is 0 Å². The van der Waals surface area contributed by atoms with Crippen molar-refractivity contribution in [1.29, 1.82) is 0 Å². The first-order chi connectivity index (χ1) is 7.31. The van der Waals surface area contributed by atoms with Crippen LogP contribution < -0.4 is 5.32 Å². The van der Waals surface area contributed by atoms with Gasteiger partial charge in [-0.25, -0.2) is 0 Å². The second-order valence-electron chi connectivity index (χ2n) is 4.40. The summed E-state index contributed by atoms with van der Waals surface area (Å²) in [6.07, 6.45) is 11.9. The smallest absolute Gasteiger partial charge is 0.00465 e. The van der Waals surface area contributed by atoms with Gasteiger partial charge in [0.05, 0.1) is 0 Å². The van der Waals surface area contributed by atoms with Crippen LogP contribution in [0.1, 0.15) is 58.8 Å². The summed E-state index contributed by atoms with van der Waals surface area (Å²) in [6, 6.07) is 0.702. The second kappa shape index (κ2) is 12.4.